The number of halogens is 1. The van der Waals surface area contributed by atoms with Crippen LogP contribution in [-0.2, 0) is 4.74 Å². The number of hydrogen-bond acceptors (Lipinski definition) is 2. The van der Waals surface area contributed by atoms with Gasteiger partial charge in [0.1, 0.15) is 5.82 Å². The monoisotopic (exact) mass is 225 g/mol. The van der Waals surface area contributed by atoms with Gasteiger partial charge in [-0.15, -0.1) is 0 Å². The first kappa shape index (κ1) is 13.1. The Labute approximate surface area is 96.8 Å². The van der Waals surface area contributed by atoms with Crippen LogP contribution in [0, 0.1) is 5.82 Å². The van der Waals surface area contributed by atoms with Gasteiger partial charge in [0.2, 0.25) is 0 Å². The summed E-state index contributed by atoms with van der Waals surface area (Å²) in [7, 11) is 1.68. The van der Waals surface area contributed by atoms with Crippen molar-refractivity contribution >= 4 is 0 Å². The molecule has 0 aliphatic rings. The highest BCUT2D eigenvalue weighted by Gasteiger charge is 2.14. The van der Waals surface area contributed by atoms with Gasteiger partial charge in [0.25, 0.3) is 0 Å². The molecule has 0 heterocycles. The Morgan fingerprint density at radius 1 is 1.38 bits per heavy atom. The minimum absolute atomic E-state index is 0.00120. The molecule has 1 rings (SSSR count). The van der Waals surface area contributed by atoms with Gasteiger partial charge < -0.3 is 10.1 Å². The fraction of sp³-hybridized carbons (Fsp3) is 0.538. The second-order valence-corrected chi connectivity index (χ2v) is 3.97. The Kier molecular flexibility index (Phi) is 5.43. The summed E-state index contributed by atoms with van der Waals surface area (Å²) in [6, 6.07) is 7.13. The van der Waals surface area contributed by atoms with Crippen LogP contribution in [0.1, 0.15) is 31.9 Å². The fourth-order valence-electron chi connectivity index (χ4n) is 1.75. The normalized spacial score (nSPS) is 14.8. The Morgan fingerprint density at radius 3 is 2.62 bits per heavy atom. The molecular weight excluding hydrogens is 205 g/mol. The van der Waals surface area contributed by atoms with Crippen molar-refractivity contribution in [1.82, 2.24) is 5.32 Å². The zero-order chi connectivity index (χ0) is 12.0. The maximum atomic E-state index is 13.5. The van der Waals surface area contributed by atoms with Crippen LogP contribution >= 0.6 is 0 Å². The molecule has 2 atom stereocenters. The SMILES string of the molecule is CCC(COC)N[C@H](C)c1ccccc1F. The van der Waals surface area contributed by atoms with Gasteiger partial charge in [-0.05, 0) is 19.4 Å². The summed E-state index contributed by atoms with van der Waals surface area (Å²) in [6.45, 7) is 4.71. The highest BCUT2D eigenvalue weighted by Crippen LogP contribution is 2.17. The molecule has 2 nitrogen and oxygen atoms in total. The van der Waals surface area contributed by atoms with Crippen LogP contribution in [-0.4, -0.2) is 19.8 Å². The molecule has 0 fully saturated rings. The molecule has 16 heavy (non-hydrogen) atoms. The van der Waals surface area contributed by atoms with Gasteiger partial charge in [-0.3, -0.25) is 0 Å². The smallest absolute Gasteiger partial charge is 0.127 e. The van der Waals surface area contributed by atoms with Gasteiger partial charge >= 0.3 is 0 Å². The van der Waals surface area contributed by atoms with E-state index in [1.165, 1.54) is 6.07 Å². The third kappa shape index (κ3) is 3.58. The summed E-state index contributed by atoms with van der Waals surface area (Å²) >= 11 is 0. The summed E-state index contributed by atoms with van der Waals surface area (Å²) in [5.74, 6) is -0.158. The molecule has 3 heteroatoms. The number of rotatable bonds is 6. The number of methoxy groups -OCH3 is 1. The standard InChI is InChI=1S/C13H20FNO/c1-4-11(9-16-3)15-10(2)12-7-5-6-8-13(12)14/h5-8,10-11,15H,4,9H2,1-3H3/t10-,11?/m1/s1. The Bertz CT molecular complexity index is 317. The molecule has 1 N–H and O–H groups in total. The molecule has 0 aliphatic heterocycles. The molecule has 1 aromatic carbocycles. The molecule has 0 amide bonds. The Morgan fingerprint density at radius 2 is 2.06 bits per heavy atom. The molecule has 0 aliphatic carbocycles. The molecule has 1 aromatic rings. The lowest BCUT2D eigenvalue weighted by molar-refractivity contribution is 0.159. The van der Waals surface area contributed by atoms with E-state index in [0.29, 0.717) is 12.2 Å². The lowest BCUT2D eigenvalue weighted by atomic mass is 10.1. The minimum atomic E-state index is -0.158. The van der Waals surface area contributed by atoms with Gasteiger partial charge in [-0.1, -0.05) is 25.1 Å². The molecule has 0 saturated heterocycles. The molecule has 1 unspecified atom stereocenters. The predicted octanol–water partition coefficient (Wildman–Crippen LogP) is 2.90. The topological polar surface area (TPSA) is 21.3 Å². The predicted molar refractivity (Wildman–Crippen MR) is 63.9 cm³/mol. The maximum Gasteiger partial charge on any atom is 0.127 e. The van der Waals surface area contributed by atoms with Crippen LogP contribution in [0.2, 0.25) is 0 Å². The molecule has 0 saturated carbocycles. The van der Waals surface area contributed by atoms with Crippen molar-refractivity contribution in [2.24, 2.45) is 0 Å². The zero-order valence-corrected chi connectivity index (χ0v) is 10.2. The van der Waals surface area contributed by atoms with E-state index in [9.17, 15) is 4.39 Å². The van der Waals surface area contributed by atoms with Gasteiger partial charge in [0, 0.05) is 24.8 Å². The molecule has 0 spiro atoms. The first-order chi connectivity index (χ1) is 7.69. The van der Waals surface area contributed by atoms with Gasteiger partial charge in [-0.25, -0.2) is 4.39 Å². The third-order valence-corrected chi connectivity index (χ3v) is 2.72. The van der Waals surface area contributed by atoms with Crippen LogP contribution in [0.5, 0.6) is 0 Å². The largest absolute Gasteiger partial charge is 0.383 e. The van der Waals surface area contributed by atoms with Crippen LogP contribution in [0.25, 0.3) is 0 Å². The molecule has 0 radical (unpaired) electrons. The van der Waals surface area contributed by atoms with E-state index < -0.39 is 0 Å². The highest BCUT2D eigenvalue weighted by atomic mass is 19.1. The quantitative estimate of drug-likeness (QED) is 0.803. The van der Waals surface area contributed by atoms with E-state index in [2.05, 4.69) is 12.2 Å². The second-order valence-electron chi connectivity index (χ2n) is 3.97. The zero-order valence-electron chi connectivity index (χ0n) is 10.2. The van der Waals surface area contributed by atoms with Crippen molar-refractivity contribution in [2.75, 3.05) is 13.7 Å². The van der Waals surface area contributed by atoms with E-state index in [4.69, 9.17) is 4.74 Å². The number of ether oxygens (including phenoxy) is 1. The van der Waals surface area contributed by atoms with Crippen LogP contribution in [0.4, 0.5) is 4.39 Å². The van der Waals surface area contributed by atoms with E-state index in [1.54, 1.807) is 13.2 Å². The number of hydrogen-bond donors (Lipinski definition) is 1. The van der Waals surface area contributed by atoms with Crippen LogP contribution < -0.4 is 5.32 Å². The second kappa shape index (κ2) is 6.61. The van der Waals surface area contributed by atoms with Gasteiger partial charge in [0.15, 0.2) is 0 Å². The number of benzene rings is 1. The van der Waals surface area contributed by atoms with E-state index in [-0.39, 0.29) is 17.9 Å². The van der Waals surface area contributed by atoms with Crippen molar-refractivity contribution < 1.29 is 9.13 Å². The summed E-state index contributed by atoms with van der Waals surface area (Å²) in [5.41, 5.74) is 0.706. The fourth-order valence-corrected chi connectivity index (χ4v) is 1.75. The first-order valence-corrected chi connectivity index (χ1v) is 5.68. The third-order valence-electron chi connectivity index (χ3n) is 2.72. The summed E-state index contributed by atoms with van der Waals surface area (Å²) in [5, 5.41) is 3.36. The van der Waals surface area contributed by atoms with Gasteiger partial charge in [0.05, 0.1) is 6.61 Å². The van der Waals surface area contributed by atoms with Crippen molar-refractivity contribution in [3.05, 3.63) is 35.6 Å². The average molecular weight is 225 g/mol. The molecule has 90 valence electrons. The lowest BCUT2D eigenvalue weighted by Gasteiger charge is -2.22. The Balaban J connectivity index is 2.64. The van der Waals surface area contributed by atoms with E-state index >= 15 is 0 Å². The summed E-state index contributed by atoms with van der Waals surface area (Å²) in [4.78, 5) is 0. The minimum Gasteiger partial charge on any atom is -0.383 e. The lowest BCUT2D eigenvalue weighted by Crippen LogP contribution is -2.34. The maximum absolute atomic E-state index is 13.5. The Hall–Kier alpha value is -0.930. The van der Waals surface area contributed by atoms with E-state index in [0.717, 1.165) is 6.42 Å². The van der Waals surface area contributed by atoms with Crippen molar-refractivity contribution in [2.45, 2.75) is 32.4 Å². The highest BCUT2D eigenvalue weighted by molar-refractivity contribution is 5.20. The number of nitrogens with one attached hydrogen (secondary N) is 1. The molecule has 0 aromatic heterocycles. The van der Waals surface area contributed by atoms with Crippen molar-refractivity contribution in [1.29, 1.82) is 0 Å². The summed E-state index contributed by atoms with van der Waals surface area (Å²) < 4.78 is 18.6. The van der Waals surface area contributed by atoms with Crippen LogP contribution in [0.15, 0.2) is 24.3 Å². The first-order valence-electron chi connectivity index (χ1n) is 5.68. The molecular formula is C13H20FNO. The average Bonchev–Trinajstić information content (AvgIpc) is 2.28. The van der Waals surface area contributed by atoms with E-state index in [1.807, 2.05) is 19.1 Å². The van der Waals surface area contributed by atoms with Crippen molar-refractivity contribution in [3.63, 3.8) is 0 Å². The summed E-state index contributed by atoms with van der Waals surface area (Å²) in [6.07, 6.45) is 0.965. The molecule has 0 bridgehead atoms. The van der Waals surface area contributed by atoms with Gasteiger partial charge in [-0.2, -0.15) is 0 Å². The van der Waals surface area contributed by atoms with Crippen molar-refractivity contribution in [3.8, 4) is 0 Å². The van der Waals surface area contributed by atoms with Crippen LogP contribution in [0.3, 0.4) is 0 Å².